The lowest BCUT2D eigenvalue weighted by molar-refractivity contribution is -0.129. The minimum atomic E-state index is 0.244. The van der Waals surface area contributed by atoms with E-state index in [2.05, 4.69) is 30.9 Å². The van der Waals surface area contributed by atoms with Gasteiger partial charge in [-0.15, -0.1) is 0 Å². The van der Waals surface area contributed by atoms with Crippen LogP contribution in [-0.2, 0) is 4.79 Å². The van der Waals surface area contributed by atoms with E-state index in [9.17, 15) is 4.79 Å². The van der Waals surface area contributed by atoms with Crippen molar-refractivity contribution in [2.24, 2.45) is 11.8 Å². The van der Waals surface area contributed by atoms with Crippen LogP contribution in [0.4, 0.5) is 0 Å². The number of rotatable bonds is 5. The van der Waals surface area contributed by atoms with Gasteiger partial charge < -0.3 is 4.90 Å². The summed E-state index contributed by atoms with van der Waals surface area (Å²) in [6.07, 6.45) is 16.2. The number of hydrogen-bond donors (Lipinski definition) is 0. The second-order valence-corrected chi connectivity index (χ2v) is 4.92. The van der Waals surface area contributed by atoms with Crippen LogP contribution in [0.5, 0.6) is 0 Å². The number of hydrogen-bond acceptors (Lipinski definition) is 1. The Labute approximate surface area is 104 Å². The lowest BCUT2D eigenvalue weighted by Gasteiger charge is -2.17. The van der Waals surface area contributed by atoms with Crippen molar-refractivity contribution in [3.63, 3.8) is 0 Å². The van der Waals surface area contributed by atoms with Crippen LogP contribution in [0.2, 0.25) is 0 Å². The maximum atomic E-state index is 11.8. The molecule has 0 bridgehead atoms. The van der Waals surface area contributed by atoms with E-state index < -0.39 is 0 Å². The molecule has 2 aliphatic rings. The summed E-state index contributed by atoms with van der Waals surface area (Å²) in [5, 5.41) is 0. The van der Waals surface area contributed by atoms with E-state index in [1.807, 2.05) is 0 Å². The van der Waals surface area contributed by atoms with Crippen molar-refractivity contribution in [3.8, 4) is 0 Å². The molecule has 0 radical (unpaired) electrons. The van der Waals surface area contributed by atoms with E-state index in [-0.39, 0.29) is 11.8 Å². The molecule has 92 valence electrons. The highest BCUT2D eigenvalue weighted by Gasteiger charge is 2.32. The lowest BCUT2D eigenvalue weighted by Crippen LogP contribution is -2.26. The van der Waals surface area contributed by atoms with Gasteiger partial charge in [0, 0.05) is 12.5 Å². The predicted octanol–water partition coefficient (Wildman–Crippen LogP) is 3.28. The molecule has 0 heterocycles. The van der Waals surface area contributed by atoms with E-state index in [0.717, 1.165) is 19.3 Å². The van der Waals surface area contributed by atoms with Crippen LogP contribution in [0.1, 0.15) is 32.1 Å². The molecule has 0 N–H and O–H groups in total. The summed E-state index contributed by atoms with van der Waals surface area (Å²) in [5.74, 6) is 1.18. The Morgan fingerprint density at radius 1 is 1.35 bits per heavy atom. The van der Waals surface area contributed by atoms with Crippen molar-refractivity contribution >= 4 is 5.91 Å². The molecule has 1 amide bonds. The van der Waals surface area contributed by atoms with Gasteiger partial charge in [-0.05, 0) is 44.2 Å². The Balaban J connectivity index is 1.78. The first-order valence-corrected chi connectivity index (χ1v) is 6.56. The molecule has 0 aliphatic heterocycles. The molecular weight excluding hydrogens is 210 g/mol. The van der Waals surface area contributed by atoms with Gasteiger partial charge in [-0.1, -0.05) is 30.9 Å². The van der Waals surface area contributed by atoms with Crippen LogP contribution in [-0.4, -0.2) is 17.4 Å². The van der Waals surface area contributed by atoms with Crippen LogP contribution in [0.15, 0.2) is 37.1 Å². The molecular formula is C15H21NO. The normalized spacial score (nSPS) is 23.9. The van der Waals surface area contributed by atoms with Crippen molar-refractivity contribution in [1.82, 2.24) is 4.90 Å². The van der Waals surface area contributed by atoms with Gasteiger partial charge in [-0.2, -0.15) is 0 Å². The van der Waals surface area contributed by atoms with Gasteiger partial charge in [0.1, 0.15) is 0 Å². The van der Waals surface area contributed by atoms with Crippen molar-refractivity contribution in [3.05, 3.63) is 37.1 Å². The first-order chi connectivity index (χ1) is 8.31. The van der Waals surface area contributed by atoms with Gasteiger partial charge in [-0.25, -0.2) is 0 Å². The average Bonchev–Trinajstić information content (AvgIpc) is 3.19. The van der Waals surface area contributed by atoms with E-state index in [1.165, 1.54) is 12.8 Å². The van der Waals surface area contributed by atoms with Gasteiger partial charge in [0.25, 0.3) is 0 Å². The standard InChI is InChI=1S/C15H21NO/c1-2-16(15(17)14-10-11-14)12-6-9-13-7-4-3-5-8-13/h2-4,6,9,13-14H,1,5,7-8,10-12H2. The summed E-state index contributed by atoms with van der Waals surface area (Å²) in [7, 11) is 0. The fraction of sp³-hybridized carbons (Fsp3) is 0.533. The van der Waals surface area contributed by atoms with Gasteiger partial charge >= 0.3 is 0 Å². The summed E-state index contributed by atoms with van der Waals surface area (Å²) in [5.41, 5.74) is 0. The average molecular weight is 231 g/mol. The van der Waals surface area contributed by atoms with Crippen molar-refractivity contribution in [2.45, 2.75) is 32.1 Å². The van der Waals surface area contributed by atoms with Crippen LogP contribution >= 0.6 is 0 Å². The molecule has 2 aliphatic carbocycles. The molecule has 1 unspecified atom stereocenters. The second kappa shape index (κ2) is 5.85. The number of carbonyl (C=O) groups is 1. The Kier molecular flexibility index (Phi) is 4.18. The van der Waals surface area contributed by atoms with Crippen molar-refractivity contribution in [1.29, 1.82) is 0 Å². The molecule has 0 spiro atoms. The molecule has 0 aromatic rings. The van der Waals surface area contributed by atoms with Gasteiger partial charge in [0.15, 0.2) is 0 Å². The first-order valence-electron chi connectivity index (χ1n) is 6.56. The molecule has 1 fully saturated rings. The number of nitrogens with zero attached hydrogens (tertiary/aromatic N) is 1. The Morgan fingerprint density at radius 3 is 2.76 bits per heavy atom. The fourth-order valence-electron chi connectivity index (χ4n) is 2.18. The molecule has 2 rings (SSSR count). The summed E-state index contributed by atoms with van der Waals surface area (Å²) < 4.78 is 0. The van der Waals surface area contributed by atoms with Crippen LogP contribution in [0.3, 0.4) is 0 Å². The number of carbonyl (C=O) groups excluding carboxylic acids is 1. The van der Waals surface area contributed by atoms with Crippen LogP contribution in [0.25, 0.3) is 0 Å². The zero-order valence-electron chi connectivity index (χ0n) is 10.3. The Morgan fingerprint density at radius 2 is 2.18 bits per heavy atom. The third-order valence-electron chi connectivity index (χ3n) is 3.45. The summed E-state index contributed by atoms with van der Waals surface area (Å²) in [6, 6.07) is 0. The third-order valence-corrected chi connectivity index (χ3v) is 3.45. The molecule has 1 saturated carbocycles. The second-order valence-electron chi connectivity index (χ2n) is 4.92. The summed E-state index contributed by atoms with van der Waals surface area (Å²) in [6.45, 7) is 4.40. The van der Waals surface area contributed by atoms with Gasteiger partial charge in [0.2, 0.25) is 5.91 Å². The Hall–Kier alpha value is -1.31. The molecule has 0 aromatic carbocycles. The minimum Gasteiger partial charge on any atom is -0.316 e. The molecule has 2 heteroatoms. The topological polar surface area (TPSA) is 20.3 Å². The molecule has 2 nitrogen and oxygen atoms in total. The molecule has 1 atom stereocenters. The molecule has 0 aromatic heterocycles. The van der Waals surface area contributed by atoms with Crippen molar-refractivity contribution in [2.75, 3.05) is 6.54 Å². The largest absolute Gasteiger partial charge is 0.316 e. The fourth-order valence-corrected chi connectivity index (χ4v) is 2.18. The van der Waals surface area contributed by atoms with Gasteiger partial charge in [0.05, 0.1) is 0 Å². The van der Waals surface area contributed by atoms with Crippen LogP contribution in [0, 0.1) is 11.8 Å². The van der Waals surface area contributed by atoms with Crippen molar-refractivity contribution < 1.29 is 4.79 Å². The highest BCUT2D eigenvalue weighted by Crippen LogP contribution is 2.31. The van der Waals surface area contributed by atoms with E-state index in [1.54, 1.807) is 11.1 Å². The zero-order chi connectivity index (χ0) is 12.1. The maximum absolute atomic E-state index is 11.8. The smallest absolute Gasteiger partial charge is 0.229 e. The predicted molar refractivity (Wildman–Crippen MR) is 70.3 cm³/mol. The summed E-state index contributed by atoms with van der Waals surface area (Å²) >= 11 is 0. The highest BCUT2D eigenvalue weighted by molar-refractivity contribution is 5.82. The van der Waals surface area contributed by atoms with E-state index in [4.69, 9.17) is 0 Å². The van der Waals surface area contributed by atoms with E-state index >= 15 is 0 Å². The number of amides is 1. The first kappa shape index (κ1) is 12.2. The molecule has 0 saturated heterocycles. The Bertz CT molecular complexity index is 339. The third kappa shape index (κ3) is 3.58. The maximum Gasteiger partial charge on any atom is 0.229 e. The van der Waals surface area contributed by atoms with E-state index in [0.29, 0.717) is 12.5 Å². The van der Waals surface area contributed by atoms with Gasteiger partial charge in [-0.3, -0.25) is 4.79 Å². The quantitative estimate of drug-likeness (QED) is 0.665. The summed E-state index contributed by atoms with van der Waals surface area (Å²) in [4.78, 5) is 13.6. The minimum absolute atomic E-state index is 0.244. The zero-order valence-corrected chi connectivity index (χ0v) is 10.3. The number of allylic oxidation sites excluding steroid dienone is 3. The SMILES string of the molecule is C=CN(CC=CC1CC=CCC1)C(=O)C1CC1. The van der Waals surface area contributed by atoms with Crippen LogP contribution < -0.4 is 0 Å². The monoisotopic (exact) mass is 231 g/mol. The highest BCUT2D eigenvalue weighted by atomic mass is 16.2. The molecule has 17 heavy (non-hydrogen) atoms. The lowest BCUT2D eigenvalue weighted by atomic mass is 9.94.